The Kier molecular flexibility index (Phi) is 4.88. The van der Waals surface area contributed by atoms with E-state index in [-0.39, 0.29) is 6.04 Å². The summed E-state index contributed by atoms with van der Waals surface area (Å²) in [5, 5.41) is 4.10. The van der Waals surface area contributed by atoms with Gasteiger partial charge in [0.15, 0.2) is 11.5 Å². The van der Waals surface area contributed by atoms with Crippen LogP contribution in [0.15, 0.2) is 49.1 Å². The first-order valence-corrected chi connectivity index (χ1v) is 10.1. The van der Waals surface area contributed by atoms with Gasteiger partial charge in [0.25, 0.3) is 0 Å². The SMILES string of the molecule is C[C@H](Nc1ncnc2[nH]cnc12)c1nc2cccc(Cl)c2nc1-c1cc(F)ccc1Cl. The van der Waals surface area contributed by atoms with Gasteiger partial charge < -0.3 is 10.3 Å². The Hall–Kier alpha value is -3.36. The molecule has 5 aromatic rings. The van der Waals surface area contributed by atoms with Crippen LogP contribution in [0.25, 0.3) is 33.5 Å². The number of hydrogen-bond acceptors (Lipinski definition) is 6. The van der Waals surface area contributed by atoms with Crippen molar-refractivity contribution in [2.24, 2.45) is 0 Å². The minimum absolute atomic E-state index is 0.354. The molecule has 7 nitrogen and oxygen atoms in total. The van der Waals surface area contributed by atoms with Crippen LogP contribution >= 0.6 is 23.2 Å². The number of halogens is 3. The summed E-state index contributed by atoms with van der Waals surface area (Å²) in [6.07, 6.45) is 2.98. The molecule has 0 fully saturated rings. The number of imidazole rings is 1. The molecular weight excluding hydrogens is 440 g/mol. The molecule has 0 aliphatic rings. The number of nitrogens with one attached hydrogen (secondary N) is 2. The van der Waals surface area contributed by atoms with Crippen LogP contribution in [0.1, 0.15) is 18.7 Å². The number of aromatic nitrogens is 6. The molecular formula is C21H14Cl2FN7. The lowest BCUT2D eigenvalue weighted by Crippen LogP contribution is -2.13. The van der Waals surface area contributed by atoms with Gasteiger partial charge in [0.1, 0.15) is 23.2 Å². The van der Waals surface area contributed by atoms with Gasteiger partial charge in [-0.25, -0.2) is 29.3 Å². The summed E-state index contributed by atoms with van der Waals surface area (Å²) >= 11 is 12.7. The zero-order chi connectivity index (χ0) is 21.5. The summed E-state index contributed by atoms with van der Waals surface area (Å²) in [4.78, 5) is 25.2. The molecule has 1 atom stereocenters. The number of para-hydroxylation sites is 1. The van der Waals surface area contributed by atoms with Gasteiger partial charge in [0.2, 0.25) is 0 Å². The first-order valence-electron chi connectivity index (χ1n) is 9.33. The highest BCUT2D eigenvalue weighted by atomic mass is 35.5. The molecule has 0 radical (unpaired) electrons. The molecule has 31 heavy (non-hydrogen) atoms. The normalized spacial score (nSPS) is 12.4. The maximum atomic E-state index is 14.1. The Balaban J connectivity index is 1.69. The fourth-order valence-corrected chi connectivity index (χ4v) is 3.80. The quantitative estimate of drug-likeness (QED) is 0.368. The first-order chi connectivity index (χ1) is 15.0. The number of hydrogen-bond donors (Lipinski definition) is 2. The lowest BCUT2D eigenvalue weighted by molar-refractivity contribution is 0.628. The highest BCUT2D eigenvalue weighted by Gasteiger charge is 2.21. The molecule has 0 amide bonds. The van der Waals surface area contributed by atoms with Gasteiger partial charge in [-0.15, -0.1) is 0 Å². The van der Waals surface area contributed by atoms with Crippen LogP contribution in [-0.2, 0) is 0 Å². The monoisotopic (exact) mass is 453 g/mol. The number of H-pyrrole nitrogens is 1. The predicted octanol–water partition coefficient (Wildman–Crippen LogP) is 5.58. The molecule has 2 N–H and O–H groups in total. The van der Waals surface area contributed by atoms with Gasteiger partial charge in [-0.2, -0.15) is 0 Å². The van der Waals surface area contributed by atoms with Gasteiger partial charge in [-0.05, 0) is 37.3 Å². The Morgan fingerprint density at radius 2 is 1.87 bits per heavy atom. The molecule has 0 spiro atoms. The molecule has 0 saturated carbocycles. The zero-order valence-corrected chi connectivity index (χ0v) is 17.6. The number of rotatable bonds is 4. The second-order valence-corrected chi connectivity index (χ2v) is 7.69. The van der Waals surface area contributed by atoms with Crippen LogP contribution in [0.2, 0.25) is 10.0 Å². The molecule has 154 valence electrons. The van der Waals surface area contributed by atoms with Gasteiger partial charge in [-0.1, -0.05) is 29.3 Å². The Morgan fingerprint density at radius 3 is 2.74 bits per heavy atom. The van der Waals surface area contributed by atoms with Crippen LogP contribution in [0.3, 0.4) is 0 Å². The second kappa shape index (κ2) is 7.72. The van der Waals surface area contributed by atoms with Crippen molar-refractivity contribution in [2.45, 2.75) is 13.0 Å². The van der Waals surface area contributed by atoms with Gasteiger partial charge >= 0.3 is 0 Å². The lowest BCUT2D eigenvalue weighted by atomic mass is 10.0. The Morgan fingerprint density at radius 1 is 1.00 bits per heavy atom. The molecule has 0 aliphatic heterocycles. The van der Waals surface area contributed by atoms with Gasteiger partial charge in [-0.3, -0.25) is 0 Å². The van der Waals surface area contributed by atoms with Crippen molar-refractivity contribution in [3.8, 4) is 11.3 Å². The molecule has 5 rings (SSSR count). The number of aromatic amines is 1. The summed E-state index contributed by atoms with van der Waals surface area (Å²) in [6, 6.07) is 9.09. The molecule has 2 aromatic carbocycles. The van der Waals surface area contributed by atoms with Crippen molar-refractivity contribution in [1.29, 1.82) is 0 Å². The average Bonchev–Trinajstić information content (AvgIpc) is 3.25. The molecule has 0 aliphatic carbocycles. The van der Waals surface area contributed by atoms with E-state index in [1.54, 1.807) is 18.5 Å². The summed E-state index contributed by atoms with van der Waals surface area (Å²) in [7, 11) is 0. The number of anilines is 1. The molecule has 3 heterocycles. The minimum atomic E-state index is -0.430. The van der Waals surface area contributed by atoms with E-state index in [0.717, 1.165) is 0 Å². The van der Waals surface area contributed by atoms with E-state index in [1.165, 1.54) is 24.5 Å². The fourth-order valence-electron chi connectivity index (χ4n) is 3.38. The van der Waals surface area contributed by atoms with Crippen molar-refractivity contribution in [2.75, 3.05) is 5.32 Å². The predicted molar refractivity (Wildman–Crippen MR) is 119 cm³/mol. The van der Waals surface area contributed by atoms with E-state index in [9.17, 15) is 4.39 Å². The topological polar surface area (TPSA) is 92.3 Å². The first kappa shape index (κ1) is 19.6. The van der Waals surface area contributed by atoms with E-state index < -0.39 is 5.82 Å². The van der Waals surface area contributed by atoms with Crippen molar-refractivity contribution in [1.82, 2.24) is 29.9 Å². The maximum Gasteiger partial charge on any atom is 0.162 e. The Labute approximate surface area is 185 Å². The lowest BCUT2D eigenvalue weighted by Gasteiger charge is -2.19. The third-order valence-electron chi connectivity index (χ3n) is 4.84. The minimum Gasteiger partial charge on any atom is -0.360 e. The van der Waals surface area contributed by atoms with Crippen molar-refractivity contribution < 1.29 is 4.39 Å². The number of benzene rings is 2. The second-order valence-electron chi connectivity index (χ2n) is 6.88. The largest absolute Gasteiger partial charge is 0.360 e. The summed E-state index contributed by atoms with van der Waals surface area (Å²) in [5.74, 6) is 0.101. The van der Waals surface area contributed by atoms with Crippen LogP contribution < -0.4 is 5.32 Å². The molecule has 0 unspecified atom stereocenters. The van der Waals surface area contributed by atoms with E-state index in [4.69, 9.17) is 33.2 Å². The van der Waals surface area contributed by atoms with Gasteiger partial charge in [0.05, 0.1) is 39.3 Å². The molecule has 3 aromatic heterocycles. The maximum absolute atomic E-state index is 14.1. The third kappa shape index (κ3) is 3.54. The van der Waals surface area contributed by atoms with E-state index in [2.05, 4.69) is 25.3 Å². The standard InChI is InChI=1S/C21H14Cl2FN7/c1-10(29-21-19-20(26-8-25-19)27-9-28-21)16-17(12-7-11(24)5-6-13(12)22)31-18-14(23)3-2-4-15(18)30-16/h2-10H,1H3,(H2,25,26,27,28,29)/t10-/m0/s1. The third-order valence-corrected chi connectivity index (χ3v) is 5.47. The van der Waals surface area contributed by atoms with E-state index in [1.807, 2.05) is 13.0 Å². The van der Waals surface area contributed by atoms with Crippen LogP contribution in [0, 0.1) is 5.82 Å². The van der Waals surface area contributed by atoms with Crippen molar-refractivity contribution in [3.63, 3.8) is 0 Å². The summed E-state index contributed by atoms with van der Waals surface area (Å²) in [5.41, 5.74) is 3.73. The smallest absolute Gasteiger partial charge is 0.162 e. The summed E-state index contributed by atoms with van der Waals surface area (Å²) < 4.78 is 14.1. The fraction of sp³-hybridized carbons (Fsp3) is 0.0952. The summed E-state index contributed by atoms with van der Waals surface area (Å²) in [6.45, 7) is 1.90. The Bertz CT molecular complexity index is 1440. The number of nitrogens with zero attached hydrogens (tertiary/aromatic N) is 5. The highest BCUT2D eigenvalue weighted by Crippen LogP contribution is 2.35. The van der Waals surface area contributed by atoms with Crippen molar-refractivity contribution in [3.05, 3.63) is 70.6 Å². The van der Waals surface area contributed by atoms with Crippen LogP contribution in [-0.4, -0.2) is 29.9 Å². The van der Waals surface area contributed by atoms with E-state index >= 15 is 0 Å². The van der Waals surface area contributed by atoms with Crippen LogP contribution in [0.5, 0.6) is 0 Å². The highest BCUT2D eigenvalue weighted by molar-refractivity contribution is 6.35. The molecule has 0 saturated heterocycles. The number of fused-ring (bicyclic) bond motifs is 2. The average molecular weight is 454 g/mol. The molecule has 10 heteroatoms. The van der Waals surface area contributed by atoms with Crippen molar-refractivity contribution >= 4 is 51.2 Å². The zero-order valence-electron chi connectivity index (χ0n) is 16.1. The van der Waals surface area contributed by atoms with E-state index in [0.29, 0.717) is 55.0 Å². The van der Waals surface area contributed by atoms with Crippen LogP contribution in [0.4, 0.5) is 10.2 Å². The van der Waals surface area contributed by atoms with Gasteiger partial charge in [0, 0.05) is 5.56 Å². The molecule has 0 bridgehead atoms.